The molecule has 0 saturated heterocycles. The molecule has 1 amide bonds. The average Bonchev–Trinajstić information content (AvgIpc) is 3.11. The molecule has 0 aromatic heterocycles. The van der Waals surface area contributed by atoms with Crippen LogP contribution in [0.3, 0.4) is 0 Å². The second kappa shape index (κ2) is 8.29. The van der Waals surface area contributed by atoms with Crippen molar-refractivity contribution in [3.63, 3.8) is 0 Å². The Morgan fingerprint density at radius 3 is 2.48 bits per heavy atom. The quantitative estimate of drug-likeness (QED) is 0.765. The first-order valence-corrected chi connectivity index (χ1v) is 10.5. The number of carbonyl (C=O) groups excluding carboxylic acids is 1. The second-order valence-electron chi connectivity index (χ2n) is 5.99. The molecule has 0 radical (unpaired) electrons. The van der Waals surface area contributed by atoms with Crippen LogP contribution >= 0.6 is 23.2 Å². The zero-order valence-electron chi connectivity index (χ0n) is 14.2. The number of hydrogen-bond donors (Lipinski definition) is 2. The van der Waals surface area contributed by atoms with Crippen molar-refractivity contribution in [1.29, 1.82) is 0 Å². The van der Waals surface area contributed by atoms with Gasteiger partial charge in [-0.15, -0.1) is 0 Å². The van der Waals surface area contributed by atoms with Crippen LogP contribution in [-0.4, -0.2) is 26.7 Å². The highest BCUT2D eigenvalue weighted by Crippen LogP contribution is 2.25. The summed E-state index contributed by atoms with van der Waals surface area (Å²) in [5.41, 5.74) is 0.877. The maximum Gasteiger partial charge on any atom is 0.262 e. The van der Waals surface area contributed by atoms with Crippen molar-refractivity contribution in [3.05, 3.63) is 58.1 Å². The van der Waals surface area contributed by atoms with Crippen LogP contribution in [0, 0.1) is 0 Å². The molecule has 142 valence electrons. The number of halogens is 2. The van der Waals surface area contributed by atoms with Gasteiger partial charge in [0, 0.05) is 28.7 Å². The van der Waals surface area contributed by atoms with E-state index in [2.05, 4.69) is 15.0 Å². The van der Waals surface area contributed by atoms with Crippen molar-refractivity contribution in [2.45, 2.75) is 24.2 Å². The smallest absolute Gasteiger partial charge is 0.262 e. The van der Waals surface area contributed by atoms with Crippen LogP contribution in [-0.2, 0) is 21.2 Å². The number of amides is 1. The predicted molar refractivity (Wildman–Crippen MR) is 107 cm³/mol. The van der Waals surface area contributed by atoms with E-state index in [0.29, 0.717) is 40.1 Å². The lowest BCUT2D eigenvalue weighted by molar-refractivity contribution is -0.115. The molecular weight excluding hydrogens is 409 g/mol. The van der Waals surface area contributed by atoms with Gasteiger partial charge in [0.1, 0.15) is 5.84 Å². The molecule has 9 heteroatoms. The molecule has 1 heterocycles. The van der Waals surface area contributed by atoms with Crippen molar-refractivity contribution in [2.24, 2.45) is 4.99 Å². The Morgan fingerprint density at radius 2 is 1.81 bits per heavy atom. The van der Waals surface area contributed by atoms with Crippen LogP contribution in [0.15, 0.2) is 52.4 Å². The van der Waals surface area contributed by atoms with Gasteiger partial charge in [0.15, 0.2) is 0 Å². The van der Waals surface area contributed by atoms with Gasteiger partial charge in [-0.1, -0.05) is 35.3 Å². The van der Waals surface area contributed by atoms with Crippen molar-refractivity contribution >= 4 is 50.7 Å². The number of carbonyl (C=O) groups is 1. The summed E-state index contributed by atoms with van der Waals surface area (Å²) in [5.74, 6) is 0.102. The first-order chi connectivity index (χ1) is 12.8. The molecular formula is C18H17Cl2N3O3S. The fourth-order valence-electron chi connectivity index (χ4n) is 2.64. The number of anilines is 1. The maximum atomic E-state index is 12.5. The molecule has 6 nitrogen and oxygen atoms in total. The number of aliphatic imine (C=N–C) groups is 1. The van der Waals surface area contributed by atoms with Gasteiger partial charge in [-0.05, 0) is 42.3 Å². The number of nitrogens with zero attached hydrogens (tertiary/aromatic N) is 1. The van der Waals surface area contributed by atoms with E-state index in [4.69, 9.17) is 23.2 Å². The summed E-state index contributed by atoms with van der Waals surface area (Å²) < 4.78 is 27.4. The minimum absolute atomic E-state index is 0.0233. The van der Waals surface area contributed by atoms with E-state index in [1.807, 2.05) is 0 Å². The highest BCUT2D eigenvalue weighted by Gasteiger charge is 2.19. The molecule has 3 rings (SSSR count). The minimum atomic E-state index is -3.75. The number of sulfonamides is 1. The SMILES string of the molecule is O=C(Cc1c(Cl)cccc1Cl)Nc1cccc(S(=O)(=O)NC2=NCCC2)c1. The Kier molecular flexibility index (Phi) is 6.04. The van der Waals surface area contributed by atoms with Gasteiger partial charge < -0.3 is 5.32 Å². The third-order valence-corrected chi connectivity index (χ3v) is 6.04. The van der Waals surface area contributed by atoms with Gasteiger partial charge in [-0.2, -0.15) is 0 Å². The first kappa shape index (κ1) is 19.7. The minimum Gasteiger partial charge on any atom is -0.326 e. The number of benzene rings is 2. The molecule has 0 bridgehead atoms. The van der Waals surface area contributed by atoms with Crippen molar-refractivity contribution in [1.82, 2.24) is 4.72 Å². The number of nitrogens with one attached hydrogen (secondary N) is 2. The van der Waals surface area contributed by atoms with E-state index >= 15 is 0 Å². The zero-order chi connectivity index (χ0) is 19.4. The standard InChI is InChI=1S/C18H17Cl2N3O3S/c19-15-6-2-7-16(20)14(15)11-18(24)22-12-4-1-5-13(10-12)27(25,26)23-17-8-3-9-21-17/h1-2,4-7,10H,3,8-9,11H2,(H,21,23)(H,22,24). The molecule has 0 spiro atoms. The highest BCUT2D eigenvalue weighted by atomic mass is 35.5. The summed E-state index contributed by atoms with van der Waals surface area (Å²) in [5, 5.41) is 3.47. The molecule has 0 unspecified atom stereocenters. The van der Waals surface area contributed by atoms with E-state index in [9.17, 15) is 13.2 Å². The van der Waals surface area contributed by atoms with Gasteiger partial charge >= 0.3 is 0 Å². The van der Waals surface area contributed by atoms with E-state index in [1.165, 1.54) is 12.1 Å². The monoisotopic (exact) mass is 425 g/mol. The van der Waals surface area contributed by atoms with Gasteiger partial charge in [-0.25, -0.2) is 8.42 Å². The van der Waals surface area contributed by atoms with Gasteiger partial charge in [0.2, 0.25) is 5.91 Å². The molecule has 27 heavy (non-hydrogen) atoms. The van der Waals surface area contributed by atoms with Crippen LogP contribution < -0.4 is 10.0 Å². The number of hydrogen-bond acceptors (Lipinski definition) is 4. The van der Waals surface area contributed by atoms with Crippen LogP contribution in [0.5, 0.6) is 0 Å². The fourth-order valence-corrected chi connectivity index (χ4v) is 4.31. The Morgan fingerprint density at radius 1 is 1.11 bits per heavy atom. The molecule has 2 aromatic carbocycles. The lowest BCUT2D eigenvalue weighted by Gasteiger charge is -2.11. The lowest BCUT2D eigenvalue weighted by atomic mass is 10.1. The summed E-state index contributed by atoms with van der Waals surface area (Å²) in [6.07, 6.45) is 1.41. The maximum absolute atomic E-state index is 12.5. The van der Waals surface area contributed by atoms with Crippen molar-refractivity contribution < 1.29 is 13.2 Å². The van der Waals surface area contributed by atoms with Crippen molar-refractivity contribution in [3.8, 4) is 0 Å². The van der Waals surface area contributed by atoms with Crippen LogP contribution in [0.1, 0.15) is 18.4 Å². The predicted octanol–water partition coefficient (Wildman–Crippen LogP) is 3.65. The Labute approximate surface area is 167 Å². The Bertz CT molecular complexity index is 986. The van der Waals surface area contributed by atoms with Crippen LogP contribution in [0.4, 0.5) is 5.69 Å². The number of amidine groups is 1. The van der Waals surface area contributed by atoms with Gasteiger partial charge in [0.25, 0.3) is 10.0 Å². The zero-order valence-corrected chi connectivity index (χ0v) is 16.5. The third-order valence-electron chi connectivity index (χ3n) is 3.95. The summed E-state index contributed by atoms with van der Waals surface area (Å²) in [6, 6.07) is 11.0. The highest BCUT2D eigenvalue weighted by molar-refractivity contribution is 7.90. The van der Waals surface area contributed by atoms with E-state index in [1.54, 1.807) is 30.3 Å². The largest absolute Gasteiger partial charge is 0.326 e. The molecule has 0 fully saturated rings. The number of rotatable bonds is 5. The Hall–Kier alpha value is -2.09. The molecule has 2 N–H and O–H groups in total. The third kappa shape index (κ3) is 5.00. The molecule has 0 aliphatic carbocycles. The normalized spacial score (nSPS) is 13.9. The van der Waals surface area contributed by atoms with E-state index in [0.717, 1.165) is 6.42 Å². The summed E-state index contributed by atoms with van der Waals surface area (Å²) >= 11 is 12.2. The van der Waals surface area contributed by atoms with Crippen LogP contribution in [0.25, 0.3) is 0 Å². The second-order valence-corrected chi connectivity index (χ2v) is 8.49. The molecule has 0 saturated carbocycles. The van der Waals surface area contributed by atoms with Gasteiger partial charge in [0.05, 0.1) is 11.3 Å². The first-order valence-electron chi connectivity index (χ1n) is 8.24. The average molecular weight is 426 g/mol. The topological polar surface area (TPSA) is 87.6 Å². The molecule has 0 atom stereocenters. The van der Waals surface area contributed by atoms with Crippen molar-refractivity contribution in [2.75, 3.05) is 11.9 Å². The fraction of sp³-hybridized carbons (Fsp3) is 0.222. The van der Waals surface area contributed by atoms with E-state index < -0.39 is 10.0 Å². The molecule has 1 aliphatic rings. The Balaban J connectivity index is 1.73. The summed E-state index contributed by atoms with van der Waals surface area (Å²) in [7, 11) is -3.75. The lowest BCUT2D eigenvalue weighted by Crippen LogP contribution is -2.29. The summed E-state index contributed by atoms with van der Waals surface area (Å²) in [4.78, 5) is 16.5. The van der Waals surface area contributed by atoms with Crippen LogP contribution in [0.2, 0.25) is 10.0 Å². The van der Waals surface area contributed by atoms with E-state index in [-0.39, 0.29) is 17.2 Å². The van der Waals surface area contributed by atoms with Gasteiger partial charge in [-0.3, -0.25) is 14.5 Å². The summed E-state index contributed by atoms with van der Waals surface area (Å²) in [6.45, 7) is 0.624. The molecule has 1 aliphatic heterocycles. The molecule has 2 aromatic rings.